The molecule has 1 aromatic heterocycles. The van der Waals surface area contributed by atoms with Crippen molar-refractivity contribution in [3.05, 3.63) is 86.9 Å². The first-order valence-electron chi connectivity index (χ1n) is 11.1. The molecule has 1 unspecified atom stereocenters. The summed E-state index contributed by atoms with van der Waals surface area (Å²) in [6, 6.07) is 12.6. The second-order valence-corrected chi connectivity index (χ2v) is 9.33. The van der Waals surface area contributed by atoms with Gasteiger partial charge in [-0.25, -0.2) is 9.07 Å². The van der Waals surface area contributed by atoms with E-state index in [2.05, 4.69) is 15.3 Å². The molecule has 5 rings (SSSR count). The van der Waals surface area contributed by atoms with Crippen LogP contribution in [0.15, 0.2) is 59.8 Å². The summed E-state index contributed by atoms with van der Waals surface area (Å²) in [7, 11) is 0. The number of halogens is 3. The summed E-state index contributed by atoms with van der Waals surface area (Å²) < 4.78 is 14.9. The zero-order chi connectivity index (χ0) is 24.7. The van der Waals surface area contributed by atoms with Crippen LogP contribution in [0.5, 0.6) is 0 Å². The molecule has 2 aliphatic heterocycles. The Kier molecular flexibility index (Phi) is 6.25. The zero-order valence-corrected chi connectivity index (χ0v) is 20.4. The van der Waals surface area contributed by atoms with Crippen LogP contribution in [0.3, 0.4) is 0 Å². The van der Waals surface area contributed by atoms with Crippen LogP contribution in [-0.4, -0.2) is 53.1 Å². The van der Waals surface area contributed by atoms with Gasteiger partial charge in [0.1, 0.15) is 23.4 Å². The van der Waals surface area contributed by atoms with Gasteiger partial charge in [0.05, 0.1) is 15.6 Å². The van der Waals surface area contributed by atoms with E-state index < -0.39 is 6.04 Å². The molecule has 1 atom stereocenters. The normalized spacial score (nSPS) is 17.8. The molecule has 35 heavy (non-hydrogen) atoms. The maximum atomic E-state index is 13.9. The maximum Gasteiger partial charge on any atom is 0.254 e. The van der Waals surface area contributed by atoms with Crippen LogP contribution in [-0.2, 0) is 4.79 Å². The zero-order valence-electron chi connectivity index (χ0n) is 18.8. The summed E-state index contributed by atoms with van der Waals surface area (Å²) in [6.07, 6.45) is 0.671. The average Bonchev–Trinajstić information content (AvgIpc) is 3.28. The Hall–Kier alpha value is -3.36. The minimum atomic E-state index is -0.586. The Balaban J connectivity index is 1.45. The molecule has 1 fully saturated rings. The van der Waals surface area contributed by atoms with Gasteiger partial charge in [-0.3, -0.25) is 9.59 Å². The minimum Gasteiger partial charge on any atom is -0.368 e. The van der Waals surface area contributed by atoms with Gasteiger partial charge in [0, 0.05) is 43.6 Å². The van der Waals surface area contributed by atoms with Gasteiger partial charge in [0.15, 0.2) is 6.29 Å². The minimum absolute atomic E-state index is 0.126. The van der Waals surface area contributed by atoms with E-state index in [-0.39, 0.29) is 17.4 Å². The SMILES string of the molecule is CC1=C(C(=O)N2CCN(c3ccc(F)cc3)CC2)C(c2ccc(Cl)c(Cl)c2)n2nc(C=O)cc2N1. The van der Waals surface area contributed by atoms with E-state index in [1.807, 2.05) is 13.0 Å². The molecule has 3 aromatic rings. The van der Waals surface area contributed by atoms with E-state index in [0.717, 1.165) is 11.3 Å². The van der Waals surface area contributed by atoms with Gasteiger partial charge >= 0.3 is 0 Å². The molecular weight excluding hydrogens is 492 g/mol. The number of nitrogens with zero attached hydrogens (tertiary/aromatic N) is 4. The largest absolute Gasteiger partial charge is 0.368 e. The van der Waals surface area contributed by atoms with E-state index in [0.29, 0.717) is 59.6 Å². The van der Waals surface area contributed by atoms with Crippen LogP contribution in [0.4, 0.5) is 15.9 Å². The lowest BCUT2D eigenvalue weighted by Crippen LogP contribution is -2.50. The first kappa shape index (κ1) is 23.4. The van der Waals surface area contributed by atoms with E-state index in [1.165, 1.54) is 12.1 Å². The lowest BCUT2D eigenvalue weighted by molar-refractivity contribution is -0.128. The van der Waals surface area contributed by atoms with Crippen molar-refractivity contribution in [3.63, 3.8) is 0 Å². The number of hydrogen-bond acceptors (Lipinski definition) is 5. The summed E-state index contributed by atoms with van der Waals surface area (Å²) in [5, 5.41) is 8.41. The molecule has 3 heterocycles. The predicted octanol–water partition coefficient (Wildman–Crippen LogP) is 4.78. The molecule has 0 saturated carbocycles. The van der Waals surface area contributed by atoms with E-state index in [4.69, 9.17) is 23.2 Å². The highest BCUT2D eigenvalue weighted by atomic mass is 35.5. The standard InChI is InChI=1S/C25H22Cl2FN5O2/c1-15-23(25(35)32-10-8-31(9-11-32)19-5-3-17(28)4-6-19)24(16-2-7-20(26)21(27)12-16)33-22(29-15)13-18(14-34)30-33/h2-7,12-14,24,29H,8-11H2,1H3. The number of allylic oxidation sites excluding steroid dienone is 1. The van der Waals surface area contributed by atoms with Gasteiger partial charge < -0.3 is 15.1 Å². The van der Waals surface area contributed by atoms with Crippen molar-refractivity contribution in [2.75, 3.05) is 36.4 Å². The fourth-order valence-corrected chi connectivity index (χ4v) is 4.91. The number of aromatic nitrogens is 2. The number of nitrogens with one attached hydrogen (secondary N) is 1. The summed E-state index contributed by atoms with van der Waals surface area (Å²) in [5.74, 6) is 0.204. The number of piperazine rings is 1. The topological polar surface area (TPSA) is 70.5 Å². The van der Waals surface area contributed by atoms with Crippen LogP contribution in [0.1, 0.15) is 29.0 Å². The van der Waals surface area contributed by atoms with Crippen LogP contribution < -0.4 is 10.2 Å². The Morgan fingerprint density at radius 2 is 1.77 bits per heavy atom. The number of benzene rings is 2. The molecular formula is C25H22Cl2FN5O2. The molecule has 0 aliphatic carbocycles. The number of fused-ring (bicyclic) bond motifs is 1. The lowest BCUT2D eigenvalue weighted by Gasteiger charge is -2.38. The highest BCUT2D eigenvalue weighted by molar-refractivity contribution is 6.42. The number of rotatable bonds is 4. The molecule has 10 heteroatoms. The summed E-state index contributed by atoms with van der Waals surface area (Å²) in [4.78, 5) is 29.2. The number of anilines is 2. The second kappa shape index (κ2) is 9.36. The monoisotopic (exact) mass is 513 g/mol. The fourth-order valence-electron chi connectivity index (χ4n) is 4.61. The van der Waals surface area contributed by atoms with Gasteiger partial charge in [0.2, 0.25) is 0 Å². The van der Waals surface area contributed by atoms with E-state index in [1.54, 1.807) is 39.9 Å². The number of hydrogen-bond donors (Lipinski definition) is 1. The molecule has 2 aromatic carbocycles. The van der Waals surface area contributed by atoms with Crippen LogP contribution in [0.2, 0.25) is 10.0 Å². The molecule has 1 amide bonds. The van der Waals surface area contributed by atoms with E-state index >= 15 is 0 Å². The molecule has 0 spiro atoms. The van der Waals surface area contributed by atoms with Crippen molar-refractivity contribution in [1.82, 2.24) is 14.7 Å². The number of amides is 1. The van der Waals surface area contributed by atoms with Crippen LogP contribution >= 0.6 is 23.2 Å². The summed E-state index contributed by atoms with van der Waals surface area (Å²) in [5.41, 5.74) is 3.11. The van der Waals surface area contributed by atoms with Crippen molar-refractivity contribution in [1.29, 1.82) is 0 Å². The number of carbonyl (C=O) groups is 2. The summed E-state index contributed by atoms with van der Waals surface area (Å²) >= 11 is 12.5. The molecule has 7 nitrogen and oxygen atoms in total. The number of carbonyl (C=O) groups excluding carboxylic acids is 2. The van der Waals surface area contributed by atoms with Crippen molar-refractivity contribution in [2.24, 2.45) is 0 Å². The molecule has 1 saturated heterocycles. The third kappa shape index (κ3) is 4.39. The molecule has 2 aliphatic rings. The first-order chi connectivity index (χ1) is 16.9. The molecule has 0 radical (unpaired) electrons. The Morgan fingerprint density at radius 1 is 1.06 bits per heavy atom. The molecule has 1 N–H and O–H groups in total. The van der Waals surface area contributed by atoms with Crippen molar-refractivity contribution < 1.29 is 14.0 Å². The third-order valence-corrected chi connectivity index (χ3v) is 7.10. The highest BCUT2D eigenvalue weighted by Crippen LogP contribution is 2.39. The van der Waals surface area contributed by atoms with Crippen LogP contribution in [0.25, 0.3) is 0 Å². The van der Waals surface area contributed by atoms with E-state index in [9.17, 15) is 14.0 Å². The smallest absolute Gasteiger partial charge is 0.254 e. The van der Waals surface area contributed by atoms with Crippen molar-refractivity contribution >= 4 is 46.9 Å². The second-order valence-electron chi connectivity index (χ2n) is 8.51. The number of aldehydes is 1. The van der Waals surface area contributed by atoms with Crippen molar-refractivity contribution in [2.45, 2.75) is 13.0 Å². The molecule has 180 valence electrons. The maximum absolute atomic E-state index is 13.9. The summed E-state index contributed by atoms with van der Waals surface area (Å²) in [6.45, 7) is 4.09. The van der Waals surface area contributed by atoms with Gasteiger partial charge in [-0.2, -0.15) is 5.10 Å². The average molecular weight is 514 g/mol. The fraction of sp³-hybridized carbons (Fsp3) is 0.240. The quantitative estimate of drug-likeness (QED) is 0.508. The highest BCUT2D eigenvalue weighted by Gasteiger charge is 2.36. The molecule has 0 bridgehead atoms. The van der Waals surface area contributed by atoms with Crippen molar-refractivity contribution in [3.8, 4) is 0 Å². The lowest BCUT2D eigenvalue weighted by atomic mass is 9.94. The Bertz CT molecular complexity index is 1330. The third-order valence-electron chi connectivity index (χ3n) is 6.36. The van der Waals surface area contributed by atoms with Crippen LogP contribution in [0, 0.1) is 5.82 Å². The van der Waals surface area contributed by atoms with Gasteiger partial charge in [-0.1, -0.05) is 29.3 Å². The van der Waals surface area contributed by atoms with Gasteiger partial charge in [-0.05, 0) is 48.9 Å². The Labute approximate surface area is 211 Å². The predicted molar refractivity (Wildman–Crippen MR) is 134 cm³/mol. The van der Waals surface area contributed by atoms with Gasteiger partial charge in [0.25, 0.3) is 5.91 Å². The van der Waals surface area contributed by atoms with Gasteiger partial charge in [-0.15, -0.1) is 0 Å². The Morgan fingerprint density at radius 3 is 2.43 bits per heavy atom. The first-order valence-corrected chi connectivity index (χ1v) is 11.9.